The van der Waals surface area contributed by atoms with Gasteiger partial charge in [-0.05, 0) is 25.7 Å². The lowest BCUT2D eigenvalue weighted by atomic mass is 10.2. The zero-order chi connectivity index (χ0) is 19.7. The third kappa shape index (κ3) is 4.13. The van der Waals surface area contributed by atoms with Gasteiger partial charge in [0, 0.05) is 19.2 Å². The van der Waals surface area contributed by atoms with E-state index in [0.29, 0.717) is 16.0 Å². The Morgan fingerprint density at radius 1 is 1.36 bits per heavy atom. The Labute approximate surface area is 167 Å². The summed E-state index contributed by atoms with van der Waals surface area (Å²) in [5, 5.41) is 11.9. The van der Waals surface area contributed by atoms with Crippen molar-refractivity contribution in [3.05, 3.63) is 26.4 Å². The number of carbonyl (C=O) groups excluding carboxylic acids is 1. The Bertz CT molecular complexity index is 990. The summed E-state index contributed by atoms with van der Waals surface area (Å²) in [7, 11) is 0. The van der Waals surface area contributed by atoms with Gasteiger partial charge in [0.15, 0.2) is 10.1 Å². The molecule has 1 aliphatic carbocycles. The van der Waals surface area contributed by atoms with Crippen LogP contribution in [0.15, 0.2) is 13.9 Å². The van der Waals surface area contributed by atoms with Gasteiger partial charge in [0.1, 0.15) is 11.4 Å². The van der Waals surface area contributed by atoms with Crippen LogP contribution < -0.4 is 22.3 Å². The molecule has 4 N–H and O–H groups in total. The van der Waals surface area contributed by atoms with E-state index >= 15 is 0 Å². The van der Waals surface area contributed by atoms with Crippen molar-refractivity contribution in [2.24, 2.45) is 0 Å². The average molecular weight is 425 g/mol. The summed E-state index contributed by atoms with van der Waals surface area (Å²) in [4.78, 5) is 38.8. The van der Waals surface area contributed by atoms with Gasteiger partial charge in [-0.25, -0.2) is 4.79 Å². The molecule has 1 saturated carbocycles. The highest BCUT2D eigenvalue weighted by atomic mass is 32.2. The lowest BCUT2D eigenvalue weighted by Gasteiger charge is -2.10. The van der Waals surface area contributed by atoms with Crippen LogP contribution in [-0.4, -0.2) is 50.5 Å². The minimum Gasteiger partial charge on any atom is -0.384 e. The van der Waals surface area contributed by atoms with Gasteiger partial charge in [-0.3, -0.25) is 19.1 Å². The molecule has 3 heterocycles. The number of nitrogen functional groups attached to an aromatic ring is 1. The Morgan fingerprint density at radius 2 is 2.18 bits per heavy atom. The number of carbonyl (C=O) groups is 1. The summed E-state index contributed by atoms with van der Waals surface area (Å²) in [6.45, 7) is 1.47. The third-order valence-electron chi connectivity index (χ3n) is 4.61. The Morgan fingerprint density at radius 3 is 2.89 bits per heavy atom. The molecule has 2 aromatic heterocycles. The van der Waals surface area contributed by atoms with Crippen LogP contribution in [0.5, 0.6) is 0 Å². The quantitative estimate of drug-likeness (QED) is 0.415. The maximum atomic E-state index is 12.6. The van der Waals surface area contributed by atoms with E-state index in [1.807, 2.05) is 0 Å². The predicted molar refractivity (Wildman–Crippen MR) is 106 cm³/mol. The zero-order valence-electron chi connectivity index (χ0n) is 15.0. The van der Waals surface area contributed by atoms with E-state index in [1.165, 1.54) is 27.7 Å². The van der Waals surface area contributed by atoms with Crippen LogP contribution in [0.1, 0.15) is 42.1 Å². The SMILES string of the molecule is Nc1c(C(=O)CSc2nnc(NCC3CCCO3)s2)c(=O)[nH]c(=O)n1C1CC1. The number of aromatic amines is 1. The minimum absolute atomic E-state index is 0.0173. The maximum absolute atomic E-state index is 12.6. The highest BCUT2D eigenvalue weighted by Gasteiger charge is 2.30. The summed E-state index contributed by atoms with van der Waals surface area (Å²) in [5.41, 5.74) is 4.48. The summed E-state index contributed by atoms with van der Waals surface area (Å²) >= 11 is 2.51. The molecule has 0 bridgehead atoms. The summed E-state index contributed by atoms with van der Waals surface area (Å²) in [6, 6.07) is -0.0378. The van der Waals surface area contributed by atoms with E-state index in [2.05, 4.69) is 20.5 Å². The molecule has 0 spiro atoms. The molecule has 1 saturated heterocycles. The van der Waals surface area contributed by atoms with Gasteiger partial charge >= 0.3 is 5.69 Å². The molecule has 1 aliphatic heterocycles. The number of aromatic nitrogens is 4. The zero-order valence-corrected chi connectivity index (χ0v) is 16.6. The minimum atomic E-state index is -0.749. The molecule has 4 rings (SSSR count). The molecule has 2 fully saturated rings. The van der Waals surface area contributed by atoms with Crippen molar-refractivity contribution in [2.75, 3.05) is 30.0 Å². The van der Waals surface area contributed by atoms with Gasteiger partial charge in [0.25, 0.3) is 5.56 Å². The first-order valence-electron chi connectivity index (χ1n) is 9.02. The van der Waals surface area contributed by atoms with Crippen molar-refractivity contribution in [3.63, 3.8) is 0 Å². The Balaban J connectivity index is 1.39. The van der Waals surface area contributed by atoms with Crippen LogP contribution in [0.25, 0.3) is 0 Å². The molecule has 10 nitrogen and oxygen atoms in total. The molecule has 2 aliphatic rings. The number of nitrogens with one attached hydrogen (secondary N) is 2. The van der Waals surface area contributed by atoms with E-state index in [4.69, 9.17) is 10.5 Å². The highest BCUT2D eigenvalue weighted by Crippen LogP contribution is 2.35. The molecule has 1 atom stereocenters. The normalized spacial score (nSPS) is 19.1. The van der Waals surface area contributed by atoms with E-state index in [9.17, 15) is 14.4 Å². The van der Waals surface area contributed by atoms with Crippen molar-refractivity contribution in [1.82, 2.24) is 19.7 Å². The predicted octanol–water partition coefficient (Wildman–Crippen LogP) is 0.871. The fraction of sp³-hybridized carbons (Fsp3) is 0.562. The second kappa shape index (κ2) is 8.05. The summed E-state index contributed by atoms with van der Waals surface area (Å²) in [5.74, 6) is -0.517. The van der Waals surface area contributed by atoms with Crippen LogP contribution in [0.2, 0.25) is 0 Å². The first-order valence-corrected chi connectivity index (χ1v) is 10.8. The summed E-state index contributed by atoms with van der Waals surface area (Å²) < 4.78 is 7.45. The highest BCUT2D eigenvalue weighted by molar-refractivity contribution is 8.01. The van der Waals surface area contributed by atoms with Crippen molar-refractivity contribution in [2.45, 2.75) is 42.2 Å². The fourth-order valence-corrected chi connectivity index (χ4v) is 4.71. The third-order valence-corrected chi connectivity index (χ3v) is 6.63. The van der Waals surface area contributed by atoms with Crippen molar-refractivity contribution in [3.8, 4) is 0 Å². The molecule has 2 aromatic rings. The fourth-order valence-electron chi connectivity index (χ4n) is 3.08. The van der Waals surface area contributed by atoms with Crippen molar-refractivity contribution >= 4 is 39.8 Å². The molecular formula is C16H20N6O4S2. The molecule has 1 unspecified atom stereocenters. The average Bonchev–Trinajstić information content (AvgIpc) is 3.17. The number of ketones is 1. The van der Waals surface area contributed by atoms with Crippen LogP contribution in [0.4, 0.5) is 10.9 Å². The lowest BCUT2D eigenvalue weighted by Crippen LogP contribution is -2.36. The van der Waals surface area contributed by atoms with Gasteiger partial charge in [-0.15, -0.1) is 10.2 Å². The number of thioether (sulfide) groups is 1. The molecule has 0 radical (unpaired) electrons. The second-order valence-electron chi connectivity index (χ2n) is 6.72. The van der Waals surface area contributed by atoms with E-state index in [0.717, 1.165) is 32.3 Å². The number of hydrogen-bond acceptors (Lipinski definition) is 10. The van der Waals surface area contributed by atoms with Crippen molar-refractivity contribution < 1.29 is 9.53 Å². The topological polar surface area (TPSA) is 145 Å². The van der Waals surface area contributed by atoms with E-state index in [-0.39, 0.29) is 29.3 Å². The molecule has 0 aromatic carbocycles. The van der Waals surface area contributed by atoms with Gasteiger partial charge < -0.3 is 15.8 Å². The van der Waals surface area contributed by atoms with Gasteiger partial charge in [-0.1, -0.05) is 23.1 Å². The molecule has 28 heavy (non-hydrogen) atoms. The number of ether oxygens (including phenoxy) is 1. The number of rotatable bonds is 8. The standard InChI is InChI=1S/C16H20N6O4S2/c17-12-11(13(24)19-15(25)22(12)8-3-4-8)10(23)7-27-16-21-20-14(28-16)18-6-9-2-1-5-26-9/h8-9H,1-7,17H2,(H,18,20)(H,19,24,25). The number of Topliss-reactive ketones (excluding diaryl/α,β-unsaturated/α-hetero) is 1. The maximum Gasteiger partial charge on any atom is 0.330 e. The van der Waals surface area contributed by atoms with Crippen LogP contribution in [-0.2, 0) is 4.74 Å². The monoisotopic (exact) mass is 424 g/mol. The molecule has 0 amide bonds. The molecular weight excluding hydrogens is 404 g/mol. The number of anilines is 2. The van der Waals surface area contributed by atoms with E-state index in [1.54, 1.807) is 0 Å². The number of hydrogen-bond donors (Lipinski definition) is 3. The van der Waals surface area contributed by atoms with E-state index < -0.39 is 17.0 Å². The van der Waals surface area contributed by atoms with Gasteiger partial charge in [-0.2, -0.15) is 0 Å². The number of nitrogens with zero attached hydrogens (tertiary/aromatic N) is 3. The van der Waals surface area contributed by atoms with Crippen LogP contribution >= 0.6 is 23.1 Å². The largest absolute Gasteiger partial charge is 0.384 e. The first-order chi connectivity index (χ1) is 13.5. The molecule has 12 heteroatoms. The van der Waals surface area contributed by atoms with Crippen molar-refractivity contribution in [1.29, 1.82) is 0 Å². The first kappa shape index (κ1) is 19.2. The Hall–Kier alpha value is -2.18. The van der Waals surface area contributed by atoms with Crippen LogP contribution in [0, 0.1) is 0 Å². The van der Waals surface area contributed by atoms with Gasteiger partial charge in [0.2, 0.25) is 5.13 Å². The second-order valence-corrected chi connectivity index (χ2v) is 8.92. The number of nitrogens with two attached hydrogens (primary N) is 1. The smallest absolute Gasteiger partial charge is 0.330 e. The molecule has 150 valence electrons. The summed E-state index contributed by atoms with van der Waals surface area (Å²) in [6.07, 6.45) is 3.91. The van der Waals surface area contributed by atoms with Gasteiger partial charge in [0.05, 0.1) is 11.9 Å². The number of H-pyrrole nitrogens is 1. The lowest BCUT2D eigenvalue weighted by molar-refractivity contribution is 0.102. The van der Waals surface area contributed by atoms with Crippen LogP contribution in [0.3, 0.4) is 0 Å². The Kier molecular flexibility index (Phi) is 5.51.